The quantitative estimate of drug-likeness (QED) is 0.775. The Morgan fingerprint density at radius 1 is 1.20 bits per heavy atom. The van der Waals surface area contributed by atoms with Gasteiger partial charge < -0.3 is 5.11 Å². The van der Waals surface area contributed by atoms with Gasteiger partial charge in [0.05, 0.1) is 6.10 Å². The third-order valence-corrected chi connectivity index (χ3v) is 2.97. The van der Waals surface area contributed by atoms with E-state index in [0.717, 1.165) is 12.0 Å². The van der Waals surface area contributed by atoms with Crippen molar-refractivity contribution in [2.45, 2.75) is 46.1 Å². The van der Waals surface area contributed by atoms with Crippen molar-refractivity contribution >= 4 is 0 Å². The Morgan fingerprint density at radius 3 is 2.33 bits per heavy atom. The molecule has 1 aromatic rings. The van der Waals surface area contributed by atoms with Crippen LogP contribution in [0, 0.1) is 12.8 Å². The predicted octanol–water partition coefficient (Wildman–Crippen LogP) is 3.85. The van der Waals surface area contributed by atoms with E-state index < -0.39 is 0 Å². The van der Waals surface area contributed by atoms with Gasteiger partial charge in [-0.2, -0.15) is 0 Å². The van der Waals surface area contributed by atoms with Crippen LogP contribution in [0.4, 0.5) is 0 Å². The van der Waals surface area contributed by atoms with Crippen molar-refractivity contribution in [3.63, 3.8) is 0 Å². The van der Waals surface area contributed by atoms with Gasteiger partial charge in [0, 0.05) is 0 Å². The molecule has 1 N–H and O–H groups in total. The first kappa shape index (κ1) is 12.3. The van der Waals surface area contributed by atoms with E-state index >= 15 is 0 Å². The summed E-state index contributed by atoms with van der Waals surface area (Å²) in [6.07, 6.45) is 3.19. The summed E-state index contributed by atoms with van der Waals surface area (Å²) in [5, 5.41) is 10.1. The van der Waals surface area contributed by atoms with Crippen LogP contribution < -0.4 is 0 Å². The van der Waals surface area contributed by atoms with Crippen LogP contribution in [0.1, 0.15) is 50.3 Å². The van der Waals surface area contributed by atoms with Crippen molar-refractivity contribution in [1.82, 2.24) is 0 Å². The van der Waals surface area contributed by atoms with Crippen molar-refractivity contribution in [1.29, 1.82) is 0 Å². The van der Waals surface area contributed by atoms with Crippen LogP contribution in [0.3, 0.4) is 0 Å². The van der Waals surface area contributed by atoms with Crippen LogP contribution in [-0.2, 0) is 0 Å². The van der Waals surface area contributed by atoms with E-state index in [1.807, 2.05) is 12.1 Å². The van der Waals surface area contributed by atoms with Gasteiger partial charge in [-0.15, -0.1) is 0 Å². The smallest absolute Gasteiger partial charge is 0.0815 e. The molecule has 2 unspecified atom stereocenters. The topological polar surface area (TPSA) is 20.2 Å². The van der Waals surface area contributed by atoms with Crippen LogP contribution in [0.25, 0.3) is 0 Å². The van der Waals surface area contributed by atoms with Crippen molar-refractivity contribution in [2.24, 2.45) is 5.92 Å². The number of hydrogen-bond donors (Lipinski definition) is 1. The lowest BCUT2D eigenvalue weighted by molar-refractivity contribution is 0.111. The highest BCUT2D eigenvalue weighted by Crippen LogP contribution is 2.25. The minimum absolute atomic E-state index is 0.308. The summed E-state index contributed by atoms with van der Waals surface area (Å²) in [7, 11) is 0. The van der Waals surface area contributed by atoms with Gasteiger partial charge in [0.25, 0.3) is 0 Å². The van der Waals surface area contributed by atoms with Gasteiger partial charge in [-0.05, 0) is 24.8 Å². The fourth-order valence-corrected chi connectivity index (χ4v) is 1.78. The Hall–Kier alpha value is -0.820. The van der Waals surface area contributed by atoms with Crippen LogP contribution in [0.15, 0.2) is 24.3 Å². The number of aliphatic hydroxyl groups is 1. The van der Waals surface area contributed by atoms with Gasteiger partial charge in [0.1, 0.15) is 0 Å². The first-order chi connectivity index (χ1) is 7.15. The molecule has 84 valence electrons. The molecule has 1 rings (SSSR count). The van der Waals surface area contributed by atoms with Crippen molar-refractivity contribution < 1.29 is 5.11 Å². The normalized spacial score (nSPS) is 14.9. The van der Waals surface area contributed by atoms with Gasteiger partial charge >= 0.3 is 0 Å². The van der Waals surface area contributed by atoms with E-state index in [0.29, 0.717) is 5.92 Å². The largest absolute Gasteiger partial charge is 0.388 e. The van der Waals surface area contributed by atoms with Gasteiger partial charge in [0.15, 0.2) is 0 Å². The number of benzene rings is 1. The van der Waals surface area contributed by atoms with Crippen LogP contribution >= 0.6 is 0 Å². The van der Waals surface area contributed by atoms with E-state index in [9.17, 15) is 5.11 Å². The highest BCUT2D eigenvalue weighted by atomic mass is 16.3. The number of unbranched alkanes of at least 4 members (excludes halogenated alkanes) is 1. The molecule has 0 saturated carbocycles. The highest BCUT2D eigenvalue weighted by Gasteiger charge is 2.15. The van der Waals surface area contributed by atoms with Crippen molar-refractivity contribution in [2.75, 3.05) is 0 Å². The molecular formula is C14H22O. The second kappa shape index (κ2) is 5.92. The molecule has 2 atom stereocenters. The van der Waals surface area contributed by atoms with Gasteiger partial charge in [-0.1, -0.05) is 56.5 Å². The zero-order chi connectivity index (χ0) is 11.3. The van der Waals surface area contributed by atoms with Crippen molar-refractivity contribution in [3.8, 4) is 0 Å². The monoisotopic (exact) mass is 206 g/mol. The first-order valence-electron chi connectivity index (χ1n) is 5.89. The van der Waals surface area contributed by atoms with E-state index in [1.165, 1.54) is 18.4 Å². The molecule has 0 fully saturated rings. The third-order valence-electron chi connectivity index (χ3n) is 2.97. The maximum absolute atomic E-state index is 10.1. The van der Waals surface area contributed by atoms with E-state index in [2.05, 4.69) is 32.9 Å². The average molecular weight is 206 g/mol. The number of aryl methyl sites for hydroxylation is 1. The Labute approximate surface area is 93.1 Å². The summed E-state index contributed by atoms with van der Waals surface area (Å²) in [5.74, 6) is 0.354. The van der Waals surface area contributed by atoms with Gasteiger partial charge in [-0.25, -0.2) is 0 Å². The second-order valence-electron chi connectivity index (χ2n) is 4.48. The summed E-state index contributed by atoms with van der Waals surface area (Å²) in [6, 6.07) is 8.18. The maximum Gasteiger partial charge on any atom is 0.0815 e. The molecule has 0 bridgehead atoms. The Balaban J connectivity index is 2.59. The first-order valence-corrected chi connectivity index (χ1v) is 5.89. The summed E-state index contributed by atoms with van der Waals surface area (Å²) in [5.41, 5.74) is 2.29. The van der Waals surface area contributed by atoms with E-state index in [1.54, 1.807) is 0 Å². The van der Waals surface area contributed by atoms with E-state index in [-0.39, 0.29) is 6.10 Å². The fraction of sp³-hybridized carbons (Fsp3) is 0.571. The average Bonchev–Trinajstić information content (AvgIpc) is 2.26. The molecule has 1 heteroatoms. The maximum atomic E-state index is 10.1. The molecule has 0 aliphatic rings. The zero-order valence-corrected chi connectivity index (χ0v) is 10.0. The lowest BCUT2D eigenvalue weighted by Gasteiger charge is -2.19. The minimum Gasteiger partial charge on any atom is -0.388 e. The SMILES string of the molecule is CCCCC(C)C(O)c1ccc(C)cc1. The minimum atomic E-state index is -0.308. The summed E-state index contributed by atoms with van der Waals surface area (Å²) in [6.45, 7) is 6.38. The lowest BCUT2D eigenvalue weighted by Crippen LogP contribution is -2.09. The summed E-state index contributed by atoms with van der Waals surface area (Å²) >= 11 is 0. The van der Waals surface area contributed by atoms with Crippen molar-refractivity contribution in [3.05, 3.63) is 35.4 Å². The molecule has 15 heavy (non-hydrogen) atoms. The molecule has 0 aliphatic carbocycles. The van der Waals surface area contributed by atoms with Crippen LogP contribution in [0.2, 0.25) is 0 Å². The lowest BCUT2D eigenvalue weighted by atomic mass is 9.92. The Morgan fingerprint density at radius 2 is 1.80 bits per heavy atom. The summed E-state index contributed by atoms with van der Waals surface area (Å²) in [4.78, 5) is 0. The molecule has 0 aliphatic heterocycles. The van der Waals surface area contributed by atoms with Crippen LogP contribution in [0.5, 0.6) is 0 Å². The number of rotatable bonds is 5. The predicted molar refractivity (Wildman–Crippen MR) is 64.8 cm³/mol. The molecule has 0 heterocycles. The molecule has 0 amide bonds. The molecule has 0 spiro atoms. The number of hydrogen-bond acceptors (Lipinski definition) is 1. The highest BCUT2D eigenvalue weighted by molar-refractivity contribution is 5.23. The Kier molecular flexibility index (Phi) is 4.83. The fourth-order valence-electron chi connectivity index (χ4n) is 1.78. The van der Waals surface area contributed by atoms with Crippen LogP contribution in [-0.4, -0.2) is 5.11 Å². The molecule has 1 aromatic carbocycles. The Bertz CT molecular complexity index is 276. The molecule has 0 aromatic heterocycles. The van der Waals surface area contributed by atoms with E-state index in [4.69, 9.17) is 0 Å². The standard InChI is InChI=1S/C14H22O/c1-4-5-6-12(3)14(15)13-9-7-11(2)8-10-13/h7-10,12,14-15H,4-6H2,1-3H3. The molecule has 0 radical (unpaired) electrons. The second-order valence-corrected chi connectivity index (χ2v) is 4.48. The number of aliphatic hydroxyl groups excluding tert-OH is 1. The van der Waals surface area contributed by atoms with Gasteiger partial charge in [-0.3, -0.25) is 0 Å². The molecule has 0 saturated heterocycles. The molecular weight excluding hydrogens is 184 g/mol. The third kappa shape index (κ3) is 3.67. The van der Waals surface area contributed by atoms with Gasteiger partial charge in [0.2, 0.25) is 0 Å². The summed E-state index contributed by atoms with van der Waals surface area (Å²) < 4.78 is 0. The molecule has 1 nitrogen and oxygen atoms in total. The zero-order valence-electron chi connectivity index (χ0n) is 10.0.